The van der Waals surface area contributed by atoms with Gasteiger partial charge in [-0.1, -0.05) is 30.3 Å². The molecule has 0 saturated carbocycles. The molecule has 0 saturated heterocycles. The highest BCUT2D eigenvalue weighted by molar-refractivity contribution is 6.18. The molecule has 0 atom stereocenters. The number of ketones is 1. The fourth-order valence-corrected chi connectivity index (χ4v) is 1.53. The van der Waals surface area contributed by atoms with Crippen molar-refractivity contribution in [2.45, 2.75) is 13.3 Å². The summed E-state index contributed by atoms with van der Waals surface area (Å²) in [4.78, 5) is 23.2. The number of esters is 1. The van der Waals surface area contributed by atoms with E-state index < -0.39 is 0 Å². The molecule has 0 radical (unpaired) electrons. The zero-order valence-electron chi connectivity index (χ0n) is 9.03. The van der Waals surface area contributed by atoms with Gasteiger partial charge in [-0.2, -0.15) is 0 Å². The van der Waals surface area contributed by atoms with Crippen LogP contribution in [0.15, 0.2) is 41.5 Å². The van der Waals surface area contributed by atoms with Gasteiger partial charge < -0.3 is 4.74 Å². The Kier molecular flexibility index (Phi) is 2.86. The van der Waals surface area contributed by atoms with Gasteiger partial charge in [-0.25, -0.2) is 4.79 Å². The second-order valence-electron chi connectivity index (χ2n) is 3.55. The molecular weight excluding hydrogens is 204 g/mol. The second-order valence-corrected chi connectivity index (χ2v) is 3.55. The van der Waals surface area contributed by atoms with E-state index in [4.69, 9.17) is 4.74 Å². The number of hydrogen-bond donors (Lipinski definition) is 0. The van der Waals surface area contributed by atoms with Crippen LogP contribution in [0.2, 0.25) is 0 Å². The Morgan fingerprint density at radius 1 is 1.19 bits per heavy atom. The first-order valence-electron chi connectivity index (χ1n) is 5.23. The lowest BCUT2D eigenvalue weighted by Crippen LogP contribution is -2.01. The van der Waals surface area contributed by atoms with Crippen molar-refractivity contribution < 1.29 is 14.3 Å². The topological polar surface area (TPSA) is 43.4 Å². The van der Waals surface area contributed by atoms with Crippen LogP contribution in [-0.4, -0.2) is 18.4 Å². The van der Waals surface area contributed by atoms with Gasteiger partial charge in [0.2, 0.25) is 0 Å². The molecule has 0 aromatic heterocycles. The van der Waals surface area contributed by atoms with Gasteiger partial charge in [0.15, 0.2) is 5.78 Å². The zero-order valence-corrected chi connectivity index (χ0v) is 9.03. The highest BCUT2D eigenvalue weighted by atomic mass is 16.5. The number of carbonyl (C=O) groups excluding carboxylic acids is 2. The van der Waals surface area contributed by atoms with Crippen molar-refractivity contribution in [1.82, 2.24) is 0 Å². The Labute approximate surface area is 93.7 Å². The summed E-state index contributed by atoms with van der Waals surface area (Å²) < 4.78 is 4.83. The highest BCUT2D eigenvalue weighted by Crippen LogP contribution is 2.34. The third kappa shape index (κ3) is 2.03. The van der Waals surface area contributed by atoms with Crippen LogP contribution in [-0.2, 0) is 9.53 Å². The summed E-state index contributed by atoms with van der Waals surface area (Å²) in [7, 11) is 0. The Balaban J connectivity index is 2.12. The first kappa shape index (κ1) is 10.6. The second kappa shape index (κ2) is 4.31. The molecule has 16 heavy (non-hydrogen) atoms. The lowest BCUT2D eigenvalue weighted by atomic mass is 10.1. The summed E-state index contributed by atoms with van der Waals surface area (Å²) in [6, 6.07) is 8.96. The molecule has 1 aromatic carbocycles. The number of carbonyl (C=O) groups is 2. The molecule has 0 amide bonds. The van der Waals surface area contributed by atoms with Gasteiger partial charge in [0.1, 0.15) is 0 Å². The van der Waals surface area contributed by atoms with E-state index in [0.717, 1.165) is 0 Å². The van der Waals surface area contributed by atoms with E-state index in [9.17, 15) is 9.59 Å². The number of benzene rings is 1. The Bertz CT molecular complexity index is 457. The quantitative estimate of drug-likeness (QED) is 0.572. The summed E-state index contributed by atoms with van der Waals surface area (Å²) in [6.07, 6.45) is 0.465. The fourth-order valence-electron chi connectivity index (χ4n) is 1.53. The van der Waals surface area contributed by atoms with E-state index in [2.05, 4.69) is 0 Å². The van der Waals surface area contributed by atoms with Crippen molar-refractivity contribution >= 4 is 11.8 Å². The van der Waals surface area contributed by atoms with E-state index in [0.29, 0.717) is 29.7 Å². The van der Waals surface area contributed by atoms with Crippen molar-refractivity contribution in [3.8, 4) is 0 Å². The molecule has 1 aromatic rings. The molecular formula is C13H12O3. The lowest BCUT2D eigenvalue weighted by Gasteiger charge is -1.95. The molecule has 0 N–H and O–H groups in total. The van der Waals surface area contributed by atoms with Gasteiger partial charge in [0.05, 0.1) is 6.61 Å². The van der Waals surface area contributed by atoms with E-state index >= 15 is 0 Å². The first-order valence-corrected chi connectivity index (χ1v) is 5.23. The lowest BCUT2D eigenvalue weighted by molar-refractivity contribution is -0.138. The number of rotatable bonds is 4. The van der Waals surface area contributed by atoms with Crippen LogP contribution in [0.4, 0.5) is 0 Å². The normalized spacial score (nSPS) is 13.6. The minimum absolute atomic E-state index is 0.0661. The summed E-state index contributed by atoms with van der Waals surface area (Å²) in [5.74, 6) is -0.426. The summed E-state index contributed by atoms with van der Waals surface area (Å²) in [5.41, 5.74) is 1.73. The largest absolute Gasteiger partial charge is 0.463 e. The average Bonchev–Trinajstić information content (AvgIpc) is 3.09. The Morgan fingerprint density at radius 3 is 2.50 bits per heavy atom. The third-order valence-corrected chi connectivity index (χ3v) is 2.42. The van der Waals surface area contributed by atoms with Crippen LogP contribution in [0.5, 0.6) is 0 Å². The van der Waals surface area contributed by atoms with Crippen LogP contribution in [0.25, 0.3) is 0 Å². The van der Waals surface area contributed by atoms with Crippen LogP contribution in [0.3, 0.4) is 0 Å². The summed E-state index contributed by atoms with van der Waals surface area (Å²) in [5, 5.41) is 0. The summed E-state index contributed by atoms with van der Waals surface area (Å²) in [6.45, 7) is 2.09. The maximum Gasteiger partial charge on any atom is 0.334 e. The Hall–Kier alpha value is -1.90. The molecule has 0 aliphatic heterocycles. The molecule has 82 valence electrons. The smallest absolute Gasteiger partial charge is 0.334 e. The SMILES string of the molecule is CCOC(=O)C1=C(C(=O)c2ccccc2)C1. The first-order chi connectivity index (χ1) is 7.74. The molecule has 3 nitrogen and oxygen atoms in total. The Morgan fingerprint density at radius 2 is 1.88 bits per heavy atom. The molecule has 3 heteroatoms. The molecule has 0 heterocycles. The van der Waals surface area contributed by atoms with E-state index in [1.165, 1.54) is 0 Å². The predicted molar refractivity (Wildman–Crippen MR) is 59.0 cm³/mol. The van der Waals surface area contributed by atoms with Gasteiger partial charge in [-0.3, -0.25) is 4.79 Å². The minimum Gasteiger partial charge on any atom is -0.463 e. The monoisotopic (exact) mass is 216 g/mol. The average molecular weight is 216 g/mol. The van der Waals surface area contributed by atoms with E-state index in [-0.39, 0.29) is 11.8 Å². The van der Waals surface area contributed by atoms with Crippen LogP contribution < -0.4 is 0 Å². The van der Waals surface area contributed by atoms with Crippen LogP contribution in [0.1, 0.15) is 23.7 Å². The van der Waals surface area contributed by atoms with Crippen molar-refractivity contribution in [1.29, 1.82) is 0 Å². The molecule has 2 rings (SSSR count). The standard InChI is InChI=1S/C13H12O3/c1-2-16-13(15)11-8-10(11)12(14)9-6-4-3-5-7-9/h3-7H,2,8H2,1H3. The molecule has 1 aliphatic carbocycles. The molecule has 0 bridgehead atoms. The van der Waals surface area contributed by atoms with Crippen molar-refractivity contribution in [3.05, 3.63) is 47.0 Å². The van der Waals surface area contributed by atoms with Gasteiger partial charge in [0, 0.05) is 23.1 Å². The van der Waals surface area contributed by atoms with E-state index in [1.54, 1.807) is 31.2 Å². The molecule has 0 fully saturated rings. The van der Waals surface area contributed by atoms with Gasteiger partial charge in [0.25, 0.3) is 0 Å². The van der Waals surface area contributed by atoms with Crippen molar-refractivity contribution in [2.24, 2.45) is 0 Å². The molecule has 1 aliphatic rings. The maximum atomic E-state index is 11.9. The van der Waals surface area contributed by atoms with E-state index in [1.807, 2.05) is 6.07 Å². The number of hydrogen-bond acceptors (Lipinski definition) is 3. The number of Topliss-reactive ketones (excluding diaryl/α,β-unsaturated/α-hetero) is 1. The fraction of sp³-hybridized carbons (Fsp3) is 0.231. The number of ether oxygens (including phenoxy) is 1. The van der Waals surface area contributed by atoms with Crippen LogP contribution in [0, 0.1) is 0 Å². The van der Waals surface area contributed by atoms with Gasteiger partial charge in [-0.15, -0.1) is 0 Å². The molecule has 0 unspecified atom stereocenters. The maximum absolute atomic E-state index is 11.9. The highest BCUT2D eigenvalue weighted by Gasteiger charge is 2.34. The minimum atomic E-state index is -0.359. The van der Waals surface area contributed by atoms with Crippen molar-refractivity contribution in [3.63, 3.8) is 0 Å². The van der Waals surface area contributed by atoms with Crippen molar-refractivity contribution in [2.75, 3.05) is 6.61 Å². The molecule has 0 spiro atoms. The predicted octanol–water partition coefficient (Wildman–Crippen LogP) is 2.13. The van der Waals surface area contributed by atoms with Crippen LogP contribution >= 0.6 is 0 Å². The van der Waals surface area contributed by atoms with Gasteiger partial charge in [-0.05, 0) is 6.92 Å². The third-order valence-electron chi connectivity index (χ3n) is 2.42. The summed E-state index contributed by atoms with van der Waals surface area (Å²) >= 11 is 0. The van der Waals surface area contributed by atoms with Gasteiger partial charge >= 0.3 is 5.97 Å². The number of allylic oxidation sites excluding steroid dienone is 1. The zero-order chi connectivity index (χ0) is 11.5.